The van der Waals surface area contributed by atoms with Crippen LogP contribution in [0.3, 0.4) is 0 Å². The maximum atomic E-state index is 13.1. The number of carbonyl (C=O) groups excluding carboxylic acids is 1. The van der Waals surface area contributed by atoms with Crippen molar-refractivity contribution in [3.63, 3.8) is 0 Å². The number of H-pyrrole nitrogens is 1. The molecule has 0 saturated carbocycles. The van der Waals surface area contributed by atoms with Crippen LogP contribution in [0.15, 0.2) is 66.5 Å². The molecule has 234 valence electrons. The van der Waals surface area contributed by atoms with E-state index in [0.29, 0.717) is 55.6 Å². The Balaban J connectivity index is 0.993. The van der Waals surface area contributed by atoms with Gasteiger partial charge in [-0.25, -0.2) is 26.8 Å². The minimum atomic E-state index is -3.31. The molecule has 1 amide bonds. The predicted molar refractivity (Wildman–Crippen MR) is 171 cm³/mol. The van der Waals surface area contributed by atoms with Crippen LogP contribution in [0, 0.1) is 0 Å². The first-order chi connectivity index (χ1) is 21.6. The van der Waals surface area contributed by atoms with Gasteiger partial charge in [0.1, 0.15) is 23.5 Å². The van der Waals surface area contributed by atoms with Gasteiger partial charge in [0.25, 0.3) is 5.91 Å². The molecule has 7 rings (SSSR count). The first kappa shape index (κ1) is 29.5. The van der Waals surface area contributed by atoms with E-state index in [4.69, 9.17) is 0 Å². The van der Waals surface area contributed by atoms with E-state index in [-0.39, 0.29) is 23.5 Å². The van der Waals surface area contributed by atoms with Gasteiger partial charge in [-0.3, -0.25) is 14.7 Å². The van der Waals surface area contributed by atoms with Gasteiger partial charge in [-0.1, -0.05) is 18.2 Å². The van der Waals surface area contributed by atoms with Crippen LogP contribution in [0.1, 0.15) is 22.5 Å². The van der Waals surface area contributed by atoms with Gasteiger partial charge in [-0.05, 0) is 47.9 Å². The number of carbonyl (C=O) groups is 1. The molecule has 2 fully saturated rings. The van der Waals surface area contributed by atoms with Crippen molar-refractivity contribution in [3.05, 3.63) is 77.7 Å². The monoisotopic (exact) mass is 648 g/mol. The fraction of sp³-hybridized carbons (Fsp3) is 0.333. The number of likely N-dealkylation sites (tertiary alicyclic amines) is 1. The van der Waals surface area contributed by atoms with Crippen LogP contribution in [0.25, 0.3) is 22.3 Å². The lowest BCUT2D eigenvalue weighted by atomic mass is 10.1. The molecule has 3 aliphatic heterocycles. The van der Waals surface area contributed by atoms with Crippen molar-refractivity contribution in [1.82, 2.24) is 29.1 Å². The fourth-order valence-corrected chi connectivity index (χ4v) is 8.71. The molecule has 45 heavy (non-hydrogen) atoms. The highest BCUT2D eigenvalue weighted by molar-refractivity contribution is 7.92. The van der Waals surface area contributed by atoms with Gasteiger partial charge in [0.15, 0.2) is 9.84 Å². The summed E-state index contributed by atoms with van der Waals surface area (Å²) in [5.41, 5.74) is 4.22. The minimum absolute atomic E-state index is 0.0484. The van der Waals surface area contributed by atoms with Gasteiger partial charge in [0, 0.05) is 68.3 Å². The van der Waals surface area contributed by atoms with Crippen LogP contribution in [0.5, 0.6) is 0 Å². The molecule has 1 atom stereocenters. The van der Waals surface area contributed by atoms with Crippen LogP contribution in [-0.4, -0.2) is 102 Å². The maximum Gasteiger partial charge on any atom is 0.274 e. The molecule has 1 aromatic carbocycles. The van der Waals surface area contributed by atoms with E-state index in [1.54, 1.807) is 22.6 Å². The summed E-state index contributed by atoms with van der Waals surface area (Å²) < 4.78 is 49.8. The number of aromatic nitrogens is 4. The number of aromatic amines is 1. The van der Waals surface area contributed by atoms with Crippen molar-refractivity contribution < 1.29 is 21.6 Å². The van der Waals surface area contributed by atoms with E-state index in [0.717, 1.165) is 35.2 Å². The SMILES string of the molecule is O=C(Nc1ccc(-c2cc3c(N4CCS(=O)(=O)CC4)ncnc3[nH]2)cc1)c1cc(CN2CCC(N3CC=CS3(=O)=O)C2)ccn1. The van der Waals surface area contributed by atoms with E-state index in [1.165, 1.54) is 11.7 Å². The van der Waals surface area contributed by atoms with Gasteiger partial charge in [-0.2, -0.15) is 4.31 Å². The lowest BCUT2D eigenvalue weighted by Gasteiger charge is -2.27. The number of nitrogens with zero attached hydrogens (tertiary/aromatic N) is 6. The lowest BCUT2D eigenvalue weighted by molar-refractivity contribution is 0.102. The lowest BCUT2D eigenvalue weighted by Crippen LogP contribution is -2.40. The number of fused-ring (bicyclic) bond motifs is 1. The Hall–Kier alpha value is -4.18. The summed E-state index contributed by atoms with van der Waals surface area (Å²) in [6, 6.07) is 13.0. The van der Waals surface area contributed by atoms with Crippen LogP contribution in [0.4, 0.5) is 11.5 Å². The maximum absolute atomic E-state index is 13.1. The van der Waals surface area contributed by atoms with Crippen molar-refractivity contribution in [1.29, 1.82) is 0 Å². The van der Waals surface area contributed by atoms with Crippen molar-refractivity contribution >= 4 is 48.3 Å². The summed E-state index contributed by atoms with van der Waals surface area (Å²) in [5.74, 6) is 0.587. The third-order valence-corrected chi connectivity index (χ3v) is 11.7. The average Bonchev–Trinajstić information content (AvgIpc) is 3.75. The van der Waals surface area contributed by atoms with Crippen LogP contribution in [0.2, 0.25) is 0 Å². The predicted octanol–water partition coefficient (Wildman–Crippen LogP) is 2.24. The summed E-state index contributed by atoms with van der Waals surface area (Å²) in [4.78, 5) is 33.6. The molecule has 15 heteroatoms. The Morgan fingerprint density at radius 2 is 1.78 bits per heavy atom. The molecule has 3 aromatic heterocycles. The van der Waals surface area contributed by atoms with Crippen molar-refractivity contribution in [2.24, 2.45) is 0 Å². The first-order valence-electron chi connectivity index (χ1n) is 14.7. The molecule has 4 aromatic rings. The molecule has 0 spiro atoms. The molecule has 0 radical (unpaired) electrons. The Bertz CT molecular complexity index is 2000. The normalized spacial score (nSPS) is 21.4. The topological polar surface area (TPSA) is 162 Å². The number of pyridine rings is 1. The number of rotatable bonds is 7. The number of nitrogens with one attached hydrogen (secondary N) is 2. The number of hydrogen-bond donors (Lipinski definition) is 2. The molecule has 2 N–H and O–H groups in total. The smallest absolute Gasteiger partial charge is 0.274 e. The quantitative estimate of drug-likeness (QED) is 0.304. The number of sulfonamides is 1. The standard InChI is InChI=1S/C30H32N8O5S2/c39-30(27-16-21(6-8-31-27)18-36-10-7-24(19-36)38-9-1-13-45(38,42)43)34-23-4-2-22(3-5-23)26-17-25-28(35-26)32-20-33-29(25)37-11-14-44(40,41)15-12-37/h1-6,8,13,16-17,20,24H,7,9-12,14-15,18-19H2,(H,34,39)(H,32,33,35). The Kier molecular flexibility index (Phi) is 7.63. The average molecular weight is 649 g/mol. The van der Waals surface area contributed by atoms with E-state index >= 15 is 0 Å². The second-order valence-corrected chi connectivity index (χ2v) is 15.6. The number of sulfone groups is 1. The molecule has 1 unspecified atom stereocenters. The van der Waals surface area contributed by atoms with Crippen molar-refractivity contribution in [3.8, 4) is 11.3 Å². The van der Waals surface area contributed by atoms with E-state index < -0.39 is 19.9 Å². The summed E-state index contributed by atoms with van der Waals surface area (Å²) in [6.45, 7) is 3.23. The van der Waals surface area contributed by atoms with E-state index in [1.807, 2.05) is 41.3 Å². The largest absolute Gasteiger partial charge is 0.354 e. The zero-order valence-corrected chi connectivity index (χ0v) is 26.0. The Morgan fingerprint density at radius 1 is 0.978 bits per heavy atom. The van der Waals surface area contributed by atoms with Gasteiger partial charge in [0.2, 0.25) is 10.0 Å². The Labute approximate surface area is 261 Å². The van der Waals surface area contributed by atoms with Crippen LogP contribution in [-0.2, 0) is 26.4 Å². The van der Waals surface area contributed by atoms with E-state index in [2.05, 4.69) is 30.2 Å². The molecular formula is C30H32N8O5S2. The highest BCUT2D eigenvalue weighted by Gasteiger charge is 2.35. The van der Waals surface area contributed by atoms with Gasteiger partial charge in [0.05, 0.1) is 16.9 Å². The van der Waals surface area contributed by atoms with Crippen LogP contribution >= 0.6 is 0 Å². The van der Waals surface area contributed by atoms with Crippen LogP contribution < -0.4 is 10.2 Å². The summed E-state index contributed by atoms with van der Waals surface area (Å²) in [5, 5.41) is 5.01. The first-order valence-corrected chi connectivity index (χ1v) is 18.0. The fourth-order valence-electron chi connectivity index (χ4n) is 6.14. The number of benzene rings is 1. The third kappa shape index (κ3) is 6.20. The highest BCUT2D eigenvalue weighted by atomic mass is 32.2. The van der Waals surface area contributed by atoms with Gasteiger partial charge < -0.3 is 15.2 Å². The Morgan fingerprint density at radius 3 is 2.53 bits per heavy atom. The number of hydrogen-bond acceptors (Lipinski definition) is 10. The summed E-state index contributed by atoms with van der Waals surface area (Å²) in [7, 11) is -6.32. The summed E-state index contributed by atoms with van der Waals surface area (Å²) >= 11 is 0. The molecular weight excluding hydrogens is 617 g/mol. The number of amides is 1. The molecule has 0 bridgehead atoms. The molecule has 0 aliphatic carbocycles. The second-order valence-electron chi connectivity index (χ2n) is 11.5. The molecule has 6 heterocycles. The highest BCUT2D eigenvalue weighted by Crippen LogP contribution is 2.30. The van der Waals surface area contributed by atoms with Crippen molar-refractivity contribution in [2.75, 3.05) is 54.4 Å². The molecule has 13 nitrogen and oxygen atoms in total. The zero-order valence-electron chi connectivity index (χ0n) is 24.3. The number of anilines is 2. The minimum Gasteiger partial charge on any atom is -0.354 e. The summed E-state index contributed by atoms with van der Waals surface area (Å²) in [6.07, 6.45) is 5.55. The third-order valence-electron chi connectivity index (χ3n) is 8.50. The molecule has 2 saturated heterocycles. The van der Waals surface area contributed by atoms with Gasteiger partial charge >= 0.3 is 0 Å². The zero-order chi connectivity index (χ0) is 31.2. The van der Waals surface area contributed by atoms with E-state index in [9.17, 15) is 21.6 Å². The second kappa shape index (κ2) is 11.6. The molecule has 3 aliphatic rings. The van der Waals surface area contributed by atoms with Crippen molar-refractivity contribution in [2.45, 2.75) is 19.0 Å². The van der Waals surface area contributed by atoms with Gasteiger partial charge in [-0.15, -0.1) is 0 Å².